The Morgan fingerprint density at radius 2 is 1.15 bits per heavy atom. The summed E-state index contributed by atoms with van der Waals surface area (Å²) >= 11 is 12.6. The van der Waals surface area contributed by atoms with Crippen molar-refractivity contribution in [1.29, 1.82) is 0 Å². The molecular weight excluding hydrogens is 463 g/mol. The molecule has 0 aliphatic heterocycles. The molecule has 1 heterocycles. The Labute approximate surface area is 209 Å². The van der Waals surface area contributed by atoms with Gasteiger partial charge in [-0.05, 0) is 47.5 Å². The molecule has 1 N–H and O–H groups in total. The van der Waals surface area contributed by atoms with Crippen molar-refractivity contribution in [3.05, 3.63) is 118 Å². The lowest BCUT2D eigenvalue weighted by Crippen LogP contribution is -2.34. The quantitative estimate of drug-likeness (QED) is 0.250. The van der Waals surface area contributed by atoms with E-state index in [1.165, 1.54) is 11.1 Å². The lowest BCUT2D eigenvalue weighted by Gasteiger charge is -2.26. The van der Waals surface area contributed by atoms with E-state index in [1.807, 2.05) is 48.5 Å². The Morgan fingerprint density at radius 3 is 1.62 bits per heavy atom. The highest BCUT2D eigenvalue weighted by molar-refractivity contribution is 6.33. The van der Waals surface area contributed by atoms with Gasteiger partial charge in [0.2, 0.25) is 0 Å². The molecule has 0 amide bonds. The second kappa shape index (κ2) is 10.2. The SMILES string of the molecule is O[C@@H](CN(Cc1ccccc1)Cc1ccccc1)Cn1c2ccc(Cl)cc2c2cc(Cl)ccc21. The smallest absolute Gasteiger partial charge is 0.0846 e. The number of aliphatic hydroxyl groups is 1. The van der Waals surface area contributed by atoms with Gasteiger partial charge in [-0.15, -0.1) is 0 Å². The van der Waals surface area contributed by atoms with Crippen molar-refractivity contribution >= 4 is 45.0 Å². The van der Waals surface area contributed by atoms with Crippen LogP contribution in [-0.4, -0.2) is 27.2 Å². The van der Waals surface area contributed by atoms with Gasteiger partial charge in [0.05, 0.1) is 12.6 Å². The number of benzene rings is 4. The summed E-state index contributed by atoms with van der Waals surface area (Å²) in [5, 5.41) is 14.7. The highest BCUT2D eigenvalue weighted by atomic mass is 35.5. The molecule has 3 nitrogen and oxygen atoms in total. The van der Waals surface area contributed by atoms with Crippen LogP contribution < -0.4 is 0 Å². The van der Waals surface area contributed by atoms with E-state index in [9.17, 15) is 5.11 Å². The summed E-state index contributed by atoms with van der Waals surface area (Å²) in [5.41, 5.74) is 4.54. The second-order valence-electron chi connectivity index (χ2n) is 8.73. The zero-order valence-electron chi connectivity index (χ0n) is 18.7. The lowest BCUT2D eigenvalue weighted by atomic mass is 10.1. The van der Waals surface area contributed by atoms with Gasteiger partial charge in [-0.25, -0.2) is 0 Å². The fourth-order valence-electron chi connectivity index (χ4n) is 4.68. The van der Waals surface area contributed by atoms with Gasteiger partial charge >= 0.3 is 0 Å². The van der Waals surface area contributed by atoms with Crippen LogP contribution in [-0.2, 0) is 19.6 Å². The highest BCUT2D eigenvalue weighted by Crippen LogP contribution is 2.33. The third kappa shape index (κ3) is 5.13. The van der Waals surface area contributed by atoms with Crippen LogP contribution in [0, 0.1) is 0 Å². The van der Waals surface area contributed by atoms with E-state index in [0.29, 0.717) is 23.1 Å². The minimum atomic E-state index is -0.558. The number of hydrogen-bond acceptors (Lipinski definition) is 2. The number of halogens is 2. The predicted octanol–water partition coefficient (Wildman–Crippen LogP) is 7.16. The lowest BCUT2D eigenvalue weighted by molar-refractivity contribution is 0.0926. The van der Waals surface area contributed by atoms with E-state index < -0.39 is 6.10 Å². The van der Waals surface area contributed by atoms with Crippen LogP contribution in [0.3, 0.4) is 0 Å². The van der Waals surface area contributed by atoms with Crippen molar-refractivity contribution in [2.45, 2.75) is 25.7 Å². The van der Waals surface area contributed by atoms with E-state index in [-0.39, 0.29) is 0 Å². The second-order valence-corrected chi connectivity index (χ2v) is 9.60. The Bertz CT molecular complexity index is 1300. The summed E-state index contributed by atoms with van der Waals surface area (Å²) in [6.45, 7) is 2.56. The predicted molar refractivity (Wildman–Crippen MR) is 142 cm³/mol. The van der Waals surface area contributed by atoms with Crippen molar-refractivity contribution in [3.8, 4) is 0 Å². The molecule has 0 saturated carbocycles. The van der Waals surface area contributed by atoms with Gasteiger partial charge in [0.1, 0.15) is 0 Å². The average Bonchev–Trinajstić information content (AvgIpc) is 3.12. The average molecular weight is 489 g/mol. The van der Waals surface area contributed by atoms with Gasteiger partial charge in [-0.1, -0.05) is 83.9 Å². The van der Waals surface area contributed by atoms with Crippen molar-refractivity contribution in [3.63, 3.8) is 0 Å². The molecule has 0 aliphatic rings. The Morgan fingerprint density at radius 1 is 0.676 bits per heavy atom. The number of nitrogens with zero attached hydrogens (tertiary/aromatic N) is 2. The minimum absolute atomic E-state index is 0.476. The maximum atomic E-state index is 11.3. The zero-order valence-corrected chi connectivity index (χ0v) is 20.3. The molecular formula is C29H26Cl2N2O. The topological polar surface area (TPSA) is 28.4 Å². The Balaban J connectivity index is 1.43. The molecule has 5 aromatic rings. The molecule has 0 fully saturated rings. The molecule has 4 aromatic carbocycles. The fraction of sp³-hybridized carbons (Fsp3) is 0.172. The summed E-state index contributed by atoms with van der Waals surface area (Å²) in [7, 11) is 0. The van der Waals surface area contributed by atoms with Crippen LogP contribution >= 0.6 is 23.2 Å². The third-order valence-corrected chi connectivity index (χ3v) is 6.62. The van der Waals surface area contributed by atoms with Crippen LogP contribution in [0.15, 0.2) is 97.1 Å². The standard InChI is InChI=1S/C29H26Cl2N2O/c30-23-11-13-28-26(15-23)27-16-24(31)12-14-29(27)33(28)20-25(34)19-32(17-21-7-3-1-4-8-21)18-22-9-5-2-6-10-22/h1-16,25,34H,17-20H2/t25-/m0/s1. The van der Waals surface area contributed by atoms with E-state index >= 15 is 0 Å². The summed E-state index contributed by atoms with van der Waals surface area (Å²) in [6, 6.07) is 32.6. The largest absolute Gasteiger partial charge is 0.390 e. The van der Waals surface area contributed by atoms with Crippen molar-refractivity contribution in [1.82, 2.24) is 9.47 Å². The minimum Gasteiger partial charge on any atom is -0.390 e. The van der Waals surface area contributed by atoms with E-state index in [2.05, 4.69) is 58.0 Å². The molecule has 0 aliphatic carbocycles. The van der Waals surface area contributed by atoms with Gasteiger partial charge in [0, 0.05) is 51.5 Å². The van der Waals surface area contributed by atoms with Crippen LogP contribution in [0.4, 0.5) is 0 Å². The molecule has 0 saturated heterocycles. The summed E-state index contributed by atoms with van der Waals surface area (Å²) in [4.78, 5) is 2.30. The number of fused-ring (bicyclic) bond motifs is 3. The molecule has 1 atom stereocenters. The monoisotopic (exact) mass is 488 g/mol. The molecule has 34 heavy (non-hydrogen) atoms. The number of hydrogen-bond donors (Lipinski definition) is 1. The zero-order chi connectivity index (χ0) is 23.5. The molecule has 1 aromatic heterocycles. The summed E-state index contributed by atoms with van der Waals surface area (Å²) in [6.07, 6.45) is -0.558. The molecule has 0 spiro atoms. The maximum absolute atomic E-state index is 11.3. The number of rotatable bonds is 8. The van der Waals surface area contributed by atoms with E-state index in [4.69, 9.17) is 23.2 Å². The van der Waals surface area contributed by atoms with Crippen LogP contribution in [0.2, 0.25) is 10.0 Å². The van der Waals surface area contributed by atoms with Gasteiger partial charge < -0.3 is 9.67 Å². The summed E-state index contributed by atoms with van der Waals surface area (Å²) < 4.78 is 2.17. The fourth-order valence-corrected chi connectivity index (χ4v) is 5.02. The first-order chi connectivity index (χ1) is 16.6. The molecule has 0 radical (unpaired) electrons. The molecule has 0 unspecified atom stereocenters. The van der Waals surface area contributed by atoms with Crippen molar-refractivity contribution in [2.75, 3.05) is 6.54 Å². The normalized spacial score (nSPS) is 12.6. The van der Waals surface area contributed by atoms with E-state index in [1.54, 1.807) is 0 Å². The first-order valence-corrected chi connectivity index (χ1v) is 12.2. The van der Waals surface area contributed by atoms with E-state index in [0.717, 1.165) is 34.9 Å². The van der Waals surface area contributed by atoms with Gasteiger partial charge in [-0.3, -0.25) is 4.90 Å². The van der Waals surface area contributed by atoms with Gasteiger partial charge in [-0.2, -0.15) is 0 Å². The maximum Gasteiger partial charge on any atom is 0.0846 e. The Hall–Kier alpha value is -2.82. The first kappa shape index (κ1) is 22.9. The highest BCUT2D eigenvalue weighted by Gasteiger charge is 2.18. The van der Waals surface area contributed by atoms with Crippen LogP contribution in [0.5, 0.6) is 0 Å². The Kier molecular flexibility index (Phi) is 6.89. The van der Waals surface area contributed by atoms with Gasteiger partial charge in [0.15, 0.2) is 0 Å². The van der Waals surface area contributed by atoms with Gasteiger partial charge in [0.25, 0.3) is 0 Å². The van der Waals surface area contributed by atoms with Crippen molar-refractivity contribution < 1.29 is 5.11 Å². The summed E-state index contributed by atoms with van der Waals surface area (Å²) in [5.74, 6) is 0. The molecule has 0 bridgehead atoms. The molecule has 172 valence electrons. The van der Waals surface area contributed by atoms with Crippen molar-refractivity contribution in [2.24, 2.45) is 0 Å². The van der Waals surface area contributed by atoms with Crippen LogP contribution in [0.1, 0.15) is 11.1 Å². The first-order valence-electron chi connectivity index (χ1n) is 11.4. The van der Waals surface area contributed by atoms with Crippen LogP contribution in [0.25, 0.3) is 21.8 Å². The number of aromatic nitrogens is 1. The third-order valence-electron chi connectivity index (χ3n) is 6.15. The number of aliphatic hydroxyl groups excluding tert-OH is 1. The molecule has 5 rings (SSSR count). The molecule has 5 heteroatoms.